The van der Waals surface area contributed by atoms with E-state index in [1.807, 2.05) is 0 Å². The van der Waals surface area contributed by atoms with Crippen LogP contribution in [0.25, 0.3) is 0 Å². The van der Waals surface area contributed by atoms with E-state index in [0.29, 0.717) is 23.9 Å². The molecule has 1 aliphatic heterocycles. The van der Waals surface area contributed by atoms with E-state index in [-0.39, 0.29) is 11.7 Å². The lowest BCUT2D eigenvalue weighted by Gasteiger charge is -2.28. The molecular weight excluding hydrogens is 268 g/mol. The van der Waals surface area contributed by atoms with Gasteiger partial charge in [0.25, 0.3) is 5.91 Å². The minimum atomic E-state index is -0.155. The van der Waals surface area contributed by atoms with Gasteiger partial charge in [0.15, 0.2) is 0 Å². The first-order valence-electron chi connectivity index (χ1n) is 7.43. The smallest absolute Gasteiger partial charge is 0.257 e. The van der Waals surface area contributed by atoms with E-state index in [4.69, 9.17) is 4.74 Å². The van der Waals surface area contributed by atoms with Crippen LogP contribution in [0.5, 0.6) is 11.5 Å². The molecule has 1 unspecified atom stereocenters. The number of rotatable bonds is 5. The molecule has 1 fully saturated rings. The maximum Gasteiger partial charge on any atom is 0.257 e. The summed E-state index contributed by atoms with van der Waals surface area (Å²) in [6.45, 7) is 4.96. The Morgan fingerprint density at radius 3 is 2.90 bits per heavy atom. The Kier molecular flexibility index (Phi) is 5.07. The number of nitrogens with zero attached hydrogens (tertiary/aromatic N) is 2. The Morgan fingerprint density at radius 1 is 1.52 bits per heavy atom. The average Bonchev–Trinajstić information content (AvgIpc) is 2.93. The summed E-state index contributed by atoms with van der Waals surface area (Å²) in [4.78, 5) is 16.5. The van der Waals surface area contributed by atoms with Crippen LogP contribution >= 0.6 is 0 Å². The van der Waals surface area contributed by atoms with Crippen molar-refractivity contribution in [1.29, 1.82) is 0 Å². The number of ether oxygens (including phenoxy) is 1. The van der Waals surface area contributed by atoms with E-state index in [1.54, 1.807) is 24.1 Å². The van der Waals surface area contributed by atoms with Gasteiger partial charge < -0.3 is 14.7 Å². The Morgan fingerprint density at radius 2 is 2.29 bits per heavy atom. The van der Waals surface area contributed by atoms with Crippen LogP contribution < -0.4 is 4.74 Å². The predicted octanol–water partition coefficient (Wildman–Crippen LogP) is 1.96. The van der Waals surface area contributed by atoms with Crippen LogP contribution in [-0.4, -0.2) is 60.6 Å². The molecular formula is C16H24N2O3. The van der Waals surface area contributed by atoms with Crippen molar-refractivity contribution in [3.63, 3.8) is 0 Å². The number of likely N-dealkylation sites (tertiary alicyclic amines) is 1. The van der Waals surface area contributed by atoms with Crippen molar-refractivity contribution in [3.8, 4) is 11.5 Å². The van der Waals surface area contributed by atoms with E-state index < -0.39 is 0 Å². The van der Waals surface area contributed by atoms with Crippen molar-refractivity contribution in [2.45, 2.75) is 25.8 Å². The summed E-state index contributed by atoms with van der Waals surface area (Å²) in [5, 5.41) is 9.96. The molecule has 1 N–H and O–H groups in total. The third-order valence-electron chi connectivity index (χ3n) is 4.17. The molecule has 0 bridgehead atoms. The quantitative estimate of drug-likeness (QED) is 0.901. The van der Waals surface area contributed by atoms with Crippen LogP contribution in [0.15, 0.2) is 18.2 Å². The number of phenolic OH excluding ortho intramolecular Hbond substituents is 1. The van der Waals surface area contributed by atoms with E-state index in [0.717, 1.165) is 19.5 Å². The molecule has 21 heavy (non-hydrogen) atoms. The minimum Gasteiger partial charge on any atom is -0.507 e. The maximum absolute atomic E-state index is 12.5. The fourth-order valence-corrected chi connectivity index (χ4v) is 2.94. The molecule has 2 rings (SSSR count). The molecule has 1 aliphatic rings. The van der Waals surface area contributed by atoms with Gasteiger partial charge in [-0.25, -0.2) is 0 Å². The summed E-state index contributed by atoms with van der Waals surface area (Å²) in [7, 11) is 3.32. The highest BCUT2D eigenvalue weighted by Crippen LogP contribution is 2.25. The van der Waals surface area contributed by atoms with Crippen molar-refractivity contribution in [2.24, 2.45) is 0 Å². The van der Waals surface area contributed by atoms with E-state index in [2.05, 4.69) is 11.8 Å². The topological polar surface area (TPSA) is 53.0 Å². The molecule has 5 nitrogen and oxygen atoms in total. The van der Waals surface area contributed by atoms with E-state index >= 15 is 0 Å². The van der Waals surface area contributed by atoms with Gasteiger partial charge in [0.2, 0.25) is 0 Å². The van der Waals surface area contributed by atoms with E-state index in [1.165, 1.54) is 19.6 Å². The highest BCUT2D eigenvalue weighted by Gasteiger charge is 2.26. The number of aromatic hydroxyl groups is 1. The lowest BCUT2D eigenvalue weighted by molar-refractivity contribution is 0.0751. The molecule has 1 saturated heterocycles. The van der Waals surface area contributed by atoms with Gasteiger partial charge in [-0.05, 0) is 38.1 Å². The first-order valence-corrected chi connectivity index (χ1v) is 7.43. The van der Waals surface area contributed by atoms with Crippen LogP contribution in [0.3, 0.4) is 0 Å². The summed E-state index contributed by atoms with van der Waals surface area (Å²) >= 11 is 0. The second-order valence-corrected chi connectivity index (χ2v) is 5.49. The predicted molar refractivity (Wildman–Crippen MR) is 81.9 cm³/mol. The Labute approximate surface area is 126 Å². The second kappa shape index (κ2) is 6.80. The highest BCUT2D eigenvalue weighted by molar-refractivity contribution is 5.96. The lowest BCUT2D eigenvalue weighted by Crippen LogP contribution is -2.41. The molecule has 5 heteroatoms. The normalized spacial score (nSPS) is 18.7. The van der Waals surface area contributed by atoms with Gasteiger partial charge in [0.05, 0.1) is 12.7 Å². The van der Waals surface area contributed by atoms with Crippen molar-refractivity contribution in [2.75, 3.05) is 33.8 Å². The molecule has 116 valence electrons. The Balaban J connectivity index is 2.05. The monoisotopic (exact) mass is 292 g/mol. The number of benzene rings is 1. The van der Waals surface area contributed by atoms with Crippen LogP contribution in [0.1, 0.15) is 30.1 Å². The zero-order chi connectivity index (χ0) is 15.4. The second-order valence-electron chi connectivity index (χ2n) is 5.49. The van der Waals surface area contributed by atoms with Gasteiger partial charge in [-0.15, -0.1) is 0 Å². The van der Waals surface area contributed by atoms with Crippen LogP contribution in [0.2, 0.25) is 0 Å². The van der Waals surface area contributed by atoms with Gasteiger partial charge in [-0.2, -0.15) is 0 Å². The maximum atomic E-state index is 12.5. The van der Waals surface area contributed by atoms with Crippen LogP contribution in [0.4, 0.5) is 0 Å². The molecule has 0 spiro atoms. The molecule has 0 aliphatic carbocycles. The summed E-state index contributed by atoms with van der Waals surface area (Å²) < 4.78 is 5.03. The fourth-order valence-electron chi connectivity index (χ4n) is 2.94. The number of carbonyl (C=O) groups is 1. The number of hydrogen-bond donors (Lipinski definition) is 1. The summed E-state index contributed by atoms with van der Waals surface area (Å²) in [5.74, 6) is 0.350. The fraction of sp³-hybridized carbons (Fsp3) is 0.562. The van der Waals surface area contributed by atoms with Gasteiger partial charge in [0, 0.05) is 25.7 Å². The lowest BCUT2D eigenvalue weighted by atomic mass is 10.1. The minimum absolute atomic E-state index is 0.0371. The molecule has 0 aromatic heterocycles. The zero-order valence-electron chi connectivity index (χ0n) is 13.0. The number of amides is 1. The summed E-state index contributed by atoms with van der Waals surface area (Å²) in [6.07, 6.45) is 2.31. The van der Waals surface area contributed by atoms with Crippen molar-refractivity contribution < 1.29 is 14.6 Å². The van der Waals surface area contributed by atoms with Crippen molar-refractivity contribution in [3.05, 3.63) is 23.8 Å². The molecule has 0 radical (unpaired) electrons. The number of carbonyl (C=O) groups excluding carboxylic acids is 1. The number of hydrogen-bond acceptors (Lipinski definition) is 4. The first kappa shape index (κ1) is 15.6. The highest BCUT2D eigenvalue weighted by atomic mass is 16.5. The number of phenols is 1. The van der Waals surface area contributed by atoms with Gasteiger partial charge >= 0.3 is 0 Å². The molecule has 1 aromatic rings. The summed E-state index contributed by atoms with van der Waals surface area (Å²) in [5.41, 5.74) is 0.319. The van der Waals surface area contributed by atoms with Gasteiger partial charge in [-0.3, -0.25) is 9.69 Å². The third kappa shape index (κ3) is 3.47. The molecule has 1 atom stereocenters. The van der Waals surface area contributed by atoms with Crippen LogP contribution in [-0.2, 0) is 0 Å². The zero-order valence-corrected chi connectivity index (χ0v) is 13.0. The largest absolute Gasteiger partial charge is 0.507 e. The SMILES string of the molecule is CCN1CCCC1CN(C)C(=O)c1ccc(OC)cc1O. The van der Waals surface area contributed by atoms with Gasteiger partial charge in [0.1, 0.15) is 11.5 Å². The average molecular weight is 292 g/mol. The molecule has 1 amide bonds. The van der Waals surface area contributed by atoms with Crippen molar-refractivity contribution >= 4 is 5.91 Å². The van der Waals surface area contributed by atoms with E-state index in [9.17, 15) is 9.90 Å². The van der Waals surface area contributed by atoms with Gasteiger partial charge in [-0.1, -0.05) is 6.92 Å². The Hall–Kier alpha value is -1.75. The molecule has 1 heterocycles. The van der Waals surface area contributed by atoms with Crippen LogP contribution in [0, 0.1) is 0 Å². The third-order valence-corrected chi connectivity index (χ3v) is 4.17. The Bertz CT molecular complexity index is 504. The standard InChI is InChI=1S/C16H24N2O3/c1-4-18-9-5-6-12(18)11-17(2)16(20)14-8-7-13(21-3)10-15(14)19/h7-8,10,12,19H,4-6,9,11H2,1-3H3. The summed E-state index contributed by atoms with van der Waals surface area (Å²) in [6, 6.07) is 5.19. The number of methoxy groups -OCH3 is 1. The first-order chi connectivity index (χ1) is 10.1. The molecule has 0 saturated carbocycles. The van der Waals surface area contributed by atoms with Crippen molar-refractivity contribution in [1.82, 2.24) is 9.80 Å². The number of likely N-dealkylation sites (N-methyl/N-ethyl adjacent to an activating group) is 2. The molecule has 1 aromatic carbocycles.